The average Bonchev–Trinajstić information content (AvgIpc) is 3.38. The van der Waals surface area contributed by atoms with E-state index in [1.165, 1.54) is 24.5 Å². The molecule has 2 aliphatic heterocycles. The van der Waals surface area contributed by atoms with E-state index >= 15 is 0 Å². The highest BCUT2D eigenvalue weighted by Crippen LogP contribution is 2.45. The smallest absolute Gasteiger partial charge is 0.405 e. The van der Waals surface area contributed by atoms with Crippen LogP contribution >= 0.6 is 0 Å². The van der Waals surface area contributed by atoms with Crippen LogP contribution in [0.5, 0.6) is 11.6 Å². The van der Waals surface area contributed by atoms with Gasteiger partial charge in [-0.15, -0.1) is 10.2 Å². The maximum atomic E-state index is 14.3. The van der Waals surface area contributed by atoms with E-state index in [1.54, 1.807) is 4.90 Å². The van der Waals surface area contributed by atoms with Crippen LogP contribution in [0.25, 0.3) is 0 Å². The first kappa shape index (κ1) is 36.3. The van der Waals surface area contributed by atoms with Gasteiger partial charge in [-0.2, -0.15) is 0 Å². The van der Waals surface area contributed by atoms with Crippen molar-refractivity contribution in [2.45, 2.75) is 106 Å². The van der Waals surface area contributed by atoms with Crippen LogP contribution in [0.15, 0.2) is 24.5 Å². The number of halogens is 1. The number of amides is 2. The quantitative estimate of drug-likeness (QED) is 0.265. The van der Waals surface area contributed by atoms with Crippen LogP contribution in [0.4, 0.5) is 15.0 Å². The number of anilines is 1. The third kappa shape index (κ3) is 8.88. The fourth-order valence-electron chi connectivity index (χ4n) is 7.66. The summed E-state index contributed by atoms with van der Waals surface area (Å²) in [5, 5.41) is 8.20. The summed E-state index contributed by atoms with van der Waals surface area (Å²) >= 11 is 0. The highest BCUT2D eigenvalue weighted by atomic mass is 19.1. The highest BCUT2D eigenvalue weighted by Gasteiger charge is 2.51. The first-order valence-electron chi connectivity index (χ1n) is 16.9. The van der Waals surface area contributed by atoms with Crippen molar-refractivity contribution in [2.75, 3.05) is 37.6 Å². The van der Waals surface area contributed by atoms with Gasteiger partial charge in [0.1, 0.15) is 23.5 Å². The van der Waals surface area contributed by atoms with Crippen LogP contribution < -0.4 is 15.4 Å². The lowest BCUT2D eigenvalue weighted by Crippen LogP contribution is -2.62. The van der Waals surface area contributed by atoms with Gasteiger partial charge in [0.2, 0.25) is 0 Å². The van der Waals surface area contributed by atoms with E-state index in [-0.39, 0.29) is 40.0 Å². The molecule has 2 aliphatic rings. The van der Waals surface area contributed by atoms with Gasteiger partial charge >= 0.3 is 6.09 Å². The van der Waals surface area contributed by atoms with Crippen molar-refractivity contribution < 1.29 is 23.5 Å². The van der Waals surface area contributed by atoms with E-state index in [9.17, 15) is 14.0 Å². The summed E-state index contributed by atoms with van der Waals surface area (Å²) in [6, 6.07) is 4.21. The molecule has 1 aromatic heterocycles. The van der Waals surface area contributed by atoms with Crippen LogP contribution in [-0.4, -0.2) is 87.4 Å². The van der Waals surface area contributed by atoms with Crippen LogP contribution in [-0.2, 0) is 4.74 Å². The van der Waals surface area contributed by atoms with Crippen molar-refractivity contribution in [3.8, 4) is 11.6 Å². The third-order valence-electron chi connectivity index (χ3n) is 9.45. The number of nitrogens with two attached hydrogens (primary N) is 1. The molecule has 2 N–H and O–H groups in total. The molecule has 1 aromatic carbocycles. The normalized spacial score (nSPS) is 18.3. The summed E-state index contributed by atoms with van der Waals surface area (Å²) in [7, 11) is 0. The van der Waals surface area contributed by atoms with E-state index in [2.05, 4.69) is 59.6 Å². The van der Waals surface area contributed by atoms with Crippen molar-refractivity contribution in [3.63, 3.8) is 0 Å². The van der Waals surface area contributed by atoms with Crippen LogP contribution in [0, 0.1) is 22.6 Å². The number of nitrogens with zero attached hydrogens (tertiary/aromatic N) is 6. The lowest BCUT2D eigenvalue weighted by molar-refractivity contribution is -0.0505. The number of rotatable bonds is 13. The maximum Gasteiger partial charge on any atom is 0.405 e. The van der Waals surface area contributed by atoms with Gasteiger partial charge in [-0.25, -0.2) is 14.2 Å². The first-order chi connectivity index (χ1) is 21.9. The second-order valence-corrected chi connectivity index (χ2v) is 15.6. The number of hydrogen-bond donors (Lipinski definition) is 1. The van der Waals surface area contributed by atoms with Crippen molar-refractivity contribution >= 4 is 17.8 Å². The predicted molar refractivity (Wildman–Crippen MR) is 180 cm³/mol. The zero-order chi connectivity index (χ0) is 34.7. The summed E-state index contributed by atoms with van der Waals surface area (Å²) < 4.78 is 26.2. The number of carbonyl (C=O) groups is 2. The molecular weight excluding hydrogens is 601 g/mol. The Morgan fingerprint density at radius 2 is 1.83 bits per heavy atom. The van der Waals surface area contributed by atoms with E-state index < -0.39 is 17.5 Å². The molecule has 2 aromatic rings. The molecule has 2 atom stereocenters. The minimum absolute atomic E-state index is 0.0121. The molecular formula is C35H54FN7O4. The minimum Gasteiger partial charge on any atom is -0.443 e. The first-order valence-corrected chi connectivity index (χ1v) is 16.9. The van der Waals surface area contributed by atoms with E-state index in [0.717, 1.165) is 51.9 Å². The van der Waals surface area contributed by atoms with Crippen molar-refractivity contribution in [1.82, 2.24) is 25.0 Å². The van der Waals surface area contributed by atoms with Gasteiger partial charge in [0.05, 0.1) is 5.56 Å². The Balaban J connectivity index is 1.46. The SMILES string of the molecule is CCN(C(=O)c1cc(F)ccc1Oc1nncnc1N1CCC2(C1)CN(C(CCC(C)(CC(C)(C)C)OC(N)=O)C(C)C)C2)C(C)C. The number of hydrogen-bond acceptors (Lipinski definition) is 9. The molecule has 1 spiro atoms. The van der Waals surface area contributed by atoms with Gasteiger partial charge in [-0.3, -0.25) is 9.69 Å². The largest absolute Gasteiger partial charge is 0.443 e. The summed E-state index contributed by atoms with van der Waals surface area (Å²) in [6.07, 6.45) is 4.02. The maximum absolute atomic E-state index is 14.3. The summed E-state index contributed by atoms with van der Waals surface area (Å²) in [6.45, 7) is 22.6. The summed E-state index contributed by atoms with van der Waals surface area (Å²) in [5.41, 5.74) is 5.07. The molecule has 0 bridgehead atoms. The second-order valence-electron chi connectivity index (χ2n) is 15.6. The lowest BCUT2D eigenvalue weighted by Gasteiger charge is -2.53. The molecule has 47 heavy (non-hydrogen) atoms. The third-order valence-corrected chi connectivity index (χ3v) is 9.45. The van der Waals surface area contributed by atoms with Gasteiger partial charge in [-0.05, 0) is 82.9 Å². The topological polar surface area (TPSA) is 127 Å². The number of aromatic nitrogens is 3. The lowest BCUT2D eigenvalue weighted by atomic mass is 9.75. The Hall–Kier alpha value is -3.54. The van der Waals surface area contributed by atoms with E-state index in [0.29, 0.717) is 24.3 Å². The van der Waals surface area contributed by atoms with Gasteiger partial charge in [0.15, 0.2) is 5.82 Å². The number of carbonyl (C=O) groups excluding carboxylic acids is 2. The van der Waals surface area contributed by atoms with Crippen LogP contribution in [0.3, 0.4) is 0 Å². The summed E-state index contributed by atoms with van der Waals surface area (Å²) in [5.74, 6) is 0.534. The second kappa shape index (κ2) is 14.3. The van der Waals surface area contributed by atoms with Gasteiger partial charge in [0, 0.05) is 50.2 Å². The standard InChI is InChI=1S/C35H54FN7O4/c1-10-43(24(4)5)31(44)26-17-25(36)11-12-28(26)46-30-29(38-22-39-40-30)41-16-15-35(19-41)20-42(21-35)27(23(2)3)13-14-34(9,47-32(37)45)18-33(6,7)8/h11-12,17,22-24,27H,10,13-16,18-21H2,1-9H3,(H2,37,45). The Kier molecular flexibility index (Phi) is 11.0. The van der Waals surface area contributed by atoms with Crippen molar-refractivity contribution in [1.29, 1.82) is 0 Å². The predicted octanol–water partition coefficient (Wildman–Crippen LogP) is 6.28. The summed E-state index contributed by atoms with van der Waals surface area (Å²) in [4.78, 5) is 36.1. The van der Waals surface area contributed by atoms with Crippen LogP contribution in [0.2, 0.25) is 0 Å². The van der Waals surface area contributed by atoms with Gasteiger partial charge in [-0.1, -0.05) is 34.6 Å². The number of benzene rings is 1. The number of primary amides is 1. The zero-order valence-electron chi connectivity index (χ0n) is 29.7. The monoisotopic (exact) mass is 655 g/mol. The molecule has 0 aliphatic carbocycles. The Morgan fingerprint density at radius 1 is 1.13 bits per heavy atom. The average molecular weight is 656 g/mol. The number of ether oxygens (including phenoxy) is 2. The minimum atomic E-state index is -0.727. The molecule has 4 rings (SSSR count). The Labute approximate surface area is 279 Å². The molecule has 12 heteroatoms. The highest BCUT2D eigenvalue weighted by molar-refractivity contribution is 5.97. The zero-order valence-corrected chi connectivity index (χ0v) is 29.7. The van der Waals surface area contributed by atoms with Crippen LogP contribution in [0.1, 0.15) is 98.4 Å². The molecule has 0 saturated carbocycles. The molecule has 11 nitrogen and oxygen atoms in total. The molecule has 3 heterocycles. The molecule has 2 saturated heterocycles. The van der Waals surface area contributed by atoms with Gasteiger partial charge in [0.25, 0.3) is 11.8 Å². The number of likely N-dealkylation sites (tertiary alicyclic amines) is 1. The fourth-order valence-corrected chi connectivity index (χ4v) is 7.66. The molecule has 2 amide bonds. The van der Waals surface area contributed by atoms with E-state index in [1.807, 2.05) is 27.7 Å². The van der Waals surface area contributed by atoms with Gasteiger partial charge < -0.3 is 25.0 Å². The molecule has 260 valence electrons. The van der Waals surface area contributed by atoms with Crippen molar-refractivity contribution in [3.05, 3.63) is 35.9 Å². The Bertz CT molecular complexity index is 1410. The molecule has 0 radical (unpaired) electrons. The van der Waals surface area contributed by atoms with Crippen molar-refractivity contribution in [2.24, 2.45) is 22.5 Å². The fraction of sp³-hybridized carbons (Fsp3) is 0.686. The van der Waals surface area contributed by atoms with E-state index in [4.69, 9.17) is 15.2 Å². The Morgan fingerprint density at radius 3 is 2.43 bits per heavy atom. The molecule has 2 unspecified atom stereocenters. The molecule has 2 fully saturated rings.